The van der Waals surface area contributed by atoms with Gasteiger partial charge in [-0.15, -0.1) is 0 Å². The van der Waals surface area contributed by atoms with Gasteiger partial charge in [-0.1, -0.05) is 68.0 Å². The van der Waals surface area contributed by atoms with Gasteiger partial charge in [0.1, 0.15) is 0 Å². The Bertz CT molecular complexity index is 493. The molecule has 3 nitrogen and oxygen atoms in total. The minimum absolute atomic E-state index is 0.0754. The SMILES string of the molecule is CC/C=C\C/C=C\C/C=C\C/C=C\C=C\C(=O)CCCCCC(=O)[O-]. The maximum atomic E-state index is 11.6. The number of carbonyl (C=O) groups excluding carboxylic acids is 2. The van der Waals surface area contributed by atoms with Gasteiger partial charge in [0.05, 0.1) is 0 Å². The van der Waals surface area contributed by atoms with Gasteiger partial charge in [-0.25, -0.2) is 0 Å². The van der Waals surface area contributed by atoms with Crippen LogP contribution >= 0.6 is 0 Å². The molecule has 138 valence electrons. The van der Waals surface area contributed by atoms with Crippen molar-refractivity contribution < 1.29 is 14.7 Å². The first-order valence-corrected chi connectivity index (χ1v) is 9.17. The Hall–Kier alpha value is -2.16. The summed E-state index contributed by atoms with van der Waals surface area (Å²) >= 11 is 0. The van der Waals surface area contributed by atoms with E-state index in [9.17, 15) is 14.7 Å². The summed E-state index contributed by atoms with van der Waals surface area (Å²) in [4.78, 5) is 21.8. The number of carboxylic acids is 1. The Morgan fingerprint density at radius 3 is 1.88 bits per heavy atom. The fourth-order valence-corrected chi connectivity index (χ4v) is 2.03. The number of unbranched alkanes of at least 4 members (excludes halogenated alkanes) is 2. The van der Waals surface area contributed by atoms with Crippen molar-refractivity contribution in [1.82, 2.24) is 0 Å². The molecule has 0 aromatic rings. The van der Waals surface area contributed by atoms with Crippen LogP contribution < -0.4 is 5.11 Å². The molecule has 0 aliphatic heterocycles. The Morgan fingerprint density at radius 1 is 0.720 bits per heavy atom. The molecule has 0 radical (unpaired) electrons. The molecule has 0 heterocycles. The molecule has 0 aromatic heterocycles. The van der Waals surface area contributed by atoms with E-state index in [1.165, 1.54) is 0 Å². The highest BCUT2D eigenvalue weighted by Gasteiger charge is 1.96. The van der Waals surface area contributed by atoms with Crippen LogP contribution in [-0.4, -0.2) is 11.8 Å². The smallest absolute Gasteiger partial charge is 0.155 e. The third kappa shape index (κ3) is 19.8. The summed E-state index contributed by atoms with van der Waals surface area (Å²) in [5, 5.41) is 10.2. The molecule has 0 N–H and O–H groups in total. The standard InChI is InChI=1S/C22H32O3/c1-2-3-4-5-6-7-8-9-10-11-12-13-15-18-21(23)19-16-14-17-20-22(24)25/h3-4,6-7,9-10,12-13,15,18H,2,5,8,11,14,16-17,19-20H2,1H3,(H,24,25)/p-1/b4-3-,7-6-,10-9-,13-12-,18-15+. The van der Waals surface area contributed by atoms with E-state index in [0.29, 0.717) is 12.8 Å². The van der Waals surface area contributed by atoms with Crippen molar-refractivity contribution in [3.8, 4) is 0 Å². The van der Waals surface area contributed by atoms with Crippen molar-refractivity contribution in [3.05, 3.63) is 60.8 Å². The van der Waals surface area contributed by atoms with Crippen molar-refractivity contribution in [2.45, 2.75) is 64.7 Å². The number of hydrogen-bond acceptors (Lipinski definition) is 3. The average Bonchev–Trinajstić information content (AvgIpc) is 2.58. The van der Waals surface area contributed by atoms with Gasteiger partial charge in [0, 0.05) is 12.4 Å². The molecule has 0 rings (SSSR count). The lowest BCUT2D eigenvalue weighted by molar-refractivity contribution is -0.305. The first-order chi connectivity index (χ1) is 12.2. The van der Waals surface area contributed by atoms with Gasteiger partial charge < -0.3 is 9.90 Å². The Labute approximate surface area is 152 Å². The second-order valence-electron chi connectivity index (χ2n) is 5.72. The van der Waals surface area contributed by atoms with Gasteiger partial charge >= 0.3 is 0 Å². The Balaban J connectivity index is 3.63. The molecule has 0 atom stereocenters. The zero-order valence-corrected chi connectivity index (χ0v) is 15.4. The molecule has 0 aliphatic rings. The number of aliphatic carboxylic acids is 1. The number of allylic oxidation sites excluding steroid dienone is 10. The highest BCUT2D eigenvalue weighted by atomic mass is 16.4. The Morgan fingerprint density at radius 2 is 1.28 bits per heavy atom. The van der Waals surface area contributed by atoms with Crippen LogP contribution in [0.25, 0.3) is 0 Å². The van der Waals surface area contributed by atoms with Gasteiger partial charge in [0.2, 0.25) is 0 Å². The number of carboxylic acid groups (broad SMARTS) is 1. The van der Waals surface area contributed by atoms with Crippen LogP contribution in [0.2, 0.25) is 0 Å². The maximum absolute atomic E-state index is 11.6. The van der Waals surface area contributed by atoms with Gasteiger partial charge in [-0.2, -0.15) is 0 Å². The number of hydrogen-bond donors (Lipinski definition) is 0. The van der Waals surface area contributed by atoms with E-state index in [1.54, 1.807) is 12.2 Å². The highest BCUT2D eigenvalue weighted by Crippen LogP contribution is 2.03. The topological polar surface area (TPSA) is 57.2 Å². The molecule has 0 unspecified atom stereocenters. The van der Waals surface area contributed by atoms with Gasteiger partial charge in [0.15, 0.2) is 5.78 Å². The maximum Gasteiger partial charge on any atom is 0.155 e. The van der Waals surface area contributed by atoms with Crippen LogP contribution in [0.5, 0.6) is 0 Å². The highest BCUT2D eigenvalue weighted by molar-refractivity contribution is 5.89. The predicted octanol–water partition coefficient (Wildman–Crippen LogP) is 4.62. The lowest BCUT2D eigenvalue weighted by Gasteiger charge is -2.00. The summed E-state index contributed by atoms with van der Waals surface area (Å²) in [7, 11) is 0. The second-order valence-corrected chi connectivity index (χ2v) is 5.72. The third-order valence-electron chi connectivity index (χ3n) is 3.39. The molecule has 0 saturated carbocycles. The number of carbonyl (C=O) groups is 2. The van der Waals surface area contributed by atoms with Crippen molar-refractivity contribution in [1.29, 1.82) is 0 Å². The van der Waals surface area contributed by atoms with Crippen molar-refractivity contribution >= 4 is 11.8 Å². The van der Waals surface area contributed by atoms with E-state index in [-0.39, 0.29) is 12.2 Å². The molecule has 0 spiro atoms. The second kappa shape index (κ2) is 18.2. The van der Waals surface area contributed by atoms with Crippen LogP contribution in [0.1, 0.15) is 64.7 Å². The van der Waals surface area contributed by atoms with E-state index in [4.69, 9.17) is 0 Å². The van der Waals surface area contributed by atoms with E-state index < -0.39 is 5.97 Å². The fraction of sp³-hybridized carbons (Fsp3) is 0.455. The fourth-order valence-electron chi connectivity index (χ4n) is 2.03. The summed E-state index contributed by atoms with van der Waals surface area (Å²) in [5.41, 5.74) is 0. The predicted molar refractivity (Wildman–Crippen MR) is 103 cm³/mol. The van der Waals surface area contributed by atoms with Crippen LogP contribution in [0, 0.1) is 0 Å². The monoisotopic (exact) mass is 343 g/mol. The van der Waals surface area contributed by atoms with Crippen LogP contribution in [-0.2, 0) is 9.59 Å². The molecular weight excluding hydrogens is 312 g/mol. The molecular formula is C22H31O3-. The molecule has 0 amide bonds. The molecule has 0 aromatic carbocycles. The summed E-state index contributed by atoms with van der Waals surface area (Å²) in [6.45, 7) is 2.13. The van der Waals surface area contributed by atoms with Crippen molar-refractivity contribution in [3.63, 3.8) is 0 Å². The Kier molecular flexibility index (Phi) is 16.6. The first kappa shape index (κ1) is 22.8. The average molecular weight is 343 g/mol. The molecule has 0 aliphatic carbocycles. The van der Waals surface area contributed by atoms with Gasteiger partial charge in [-0.05, 0) is 51.0 Å². The largest absolute Gasteiger partial charge is 0.550 e. The van der Waals surface area contributed by atoms with E-state index >= 15 is 0 Å². The molecule has 3 heteroatoms. The van der Waals surface area contributed by atoms with Crippen LogP contribution in [0.4, 0.5) is 0 Å². The van der Waals surface area contributed by atoms with E-state index in [1.807, 2.05) is 12.2 Å². The van der Waals surface area contributed by atoms with Crippen molar-refractivity contribution in [2.75, 3.05) is 0 Å². The van der Waals surface area contributed by atoms with Crippen molar-refractivity contribution in [2.24, 2.45) is 0 Å². The zero-order chi connectivity index (χ0) is 18.6. The summed E-state index contributed by atoms with van der Waals surface area (Å²) in [6, 6.07) is 0. The molecule has 0 bridgehead atoms. The summed E-state index contributed by atoms with van der Waals surface area (Å²) < 4.78 is 0. The lowest BCUT2D eigenvalue weighted by Crippen LogP contribution is -2.21. The first-order valence-electron chi connectivity index (χ1n) is 9.17. The molecule has 25 heavy (non-hydrogen) atoms. The van der Waals surface area contributed by atoms with Crippen LogP contribution in [0.3, 0.4) is 0 Å². The molecule has 0 fully saturated rings. The normalized spacial score (nSPS) is 12.5. The van der Waals surface area contributed by atoms with Gasteiger partial charge in [-0.3, -0.25) is 4.79 Å². The zero-order valence-electron chi connectivity index (χ0n) is 15.4. The quantitative estimate of drug-likeness (QED) is 0.189. The minimum Gasteiger partial charge on any atom is -0.550 e. The lowest BCUT2D eigenvalue weighted by atomic mass is 10.1. The number of rotatable bonds is 15. The van der Waals surface area contributed by atoms with Crippen LogP contribution in [0.15, 0.2) is 60.8 Å². The van der Waals surface area contributed by atoms with E-state index in [0.717, 1.165) is 38.5 Å². The molecule has 0 saturated heterocycles. The number of ketones is 1. The minimum atomic E-state index is -1.02. The summed E-state index contributed by atoms with van der Waals surface area (Å²) in [5.74, 6) is -0.943. The third-order valence-corrected chi connectivity index (χ3v) is 3.39. The van der Waals surface area contributed by atoms with Gasteiger partial charge in [0.25, 0.3) is 0 Å². The summed E-state index contributed by atoms with van der Waals surface area (Å²) in [6.07, 6.45) is 26.6. The van der Waals surface area contributed by atoms with E-state index in [2.05, 4.69) is 43.4 Å².